The molecule has 4 heteroatoms. The minimum atomic E-state index is -0.104. The summed E-state index contributed by atoms with van der Waals surface area (Å²) in [6, 6.07) is 4.03. The molecule has 0 bridgehead atoms. The summed E-state index contributed by atoms with van der Waals surface area (Å²) in [6.07, 6.45) is 2.48. The van der Waals surface area contributed by atoms with Gasteiger partial charge in [0.15, 0.2) is 0 Å². The van der Waals surface area contributed by atoms with Gasteiger partial charge in [-0.15, -0.1) is 0 Å². The molecule has 1 saturated carbocycles. The topological polar surface area (TPSA) is 68.0 Å². The Morgan fingerprint density at radius 2 is 2.29 bits per heavy atom. The molecule has 1 aliphatic carbocycles. The molecule has 4 nitrogen and oxygen atoms in total. The molecule has 0 aliphatic heterocycles. The van der Waals surface area contributed by atoms with Gasteiger partial charge in [0.05, 0.1) is 0 Å². The Kier molecular flexibility index (Phi) is 2.91. The Hall–Kier alpha value is -1.42. The molecule has 2 rings (SSSR count). The van der Waals surface area contributed by atoms with Crippen molar-refractivity contribution >= 4 is 5.91 Å². The molecule has 0 spiro atoms. The first-order valence-electron chi connectivity index (χ1n) is 5.91. The molecular formula is C13H19N3O. The second kappa shape index (κ2) is 4.11. The highest BCUT2D eigenvalue weighted by Gasteiger charge is 2.46. The maximum Gasteiger partial charge on any atom is 0.270 e. The van der Waals surface area contributed by atoms with Gasteiger partial charge in [-0.05, 0) is 25.0 Å². The predicted molar refractivity (Wildman–Crippen MR) is 66.6 cm³/mol. The van der Waals surface area contributed by atoms with Crippen LogP contribution in [0, 0.1) is 12.3 Å². The van der Waals surface area contributed by atoms with Crippen molar-refractivity contribution in [3.05, 3.63) is 29.6 Å². The SMILES string of the molecule is Cc1cccnc1C(=O)NC1CC(N)C1(C)C. The number of hydrogen-bond donors (Lipinski definition) is 2. The van der Waals surface area contributed by atoms with Gasteiger partial charge in [0.2, 0.25) is 0 Å². The van der Waals surface area contributed by atoms with E-state index in [1.165, 1.54) is 0 Å². The van der Waals surface area contributed by atoms with Crippen LogP contribution in [0.4, 0.5) is 0 Å². The molecule has 2 unspecified atom stereocenters. The third kappa shape index (κ3) is 2.05. The average molecular weight is 233 g/mol. The summed E-state index contributed by atoms with van der Waals surface area (Å²) in [6.45, 7) is 6.05. The van der Waals surface area contributed by atoms with E-state index >= 15 is 0 Å². The van der Waals surface area contributed by atoms with E-state index in [0.717, 1.165) is 12.0 Å². The number of amides is 1. The zero-order valence-corrected chi connectivity index (χ0v) is 10.5. The lowest BCUT2D eigenvalue weighted by atomic mass is 9.63. The summed E-state index contributed by atoms with van der Waals surface area (Å²) >= 11 is 0. The standard InChI is InChI=1S/C13H19N3O/c1-8-5-4-6-15-11(8)12(17)16-10-7-9(14)13(10,2)3/h4-6,9-10H,7,14H2,1-3H3,(H,16,17). The lowest BCUT2D eigenvalue weighted by Gasteiger charge is -2.50. The van der Waals surface area contributed by atoms with Crippen LogP contribution in [0.1, 0.15) is 36.3 Å². The molecule has 0 saturated heterocycles. The highest BCUT2D eigenvalue weighted by Crippen LogP contribution is 2.39. The summed E-state index contributed by atoms with van der Waals surface area (Å²) in [5.41, 5.74) is 7.29. The molecule has 1 heterocycles. The molecule has 92 valence electrons. The van der Waals surface area contributed by atoms with Crippen LogP contribution in [-0.4, -0.2) is 23.0 Å². The molecule has 1 aromatic heterocycles. The first-order valence-corrected chi connectivity index (χ1v) is 5.91. The molecule has 0 radical (unpaired) electrons. The van der Waals surface area contributed by atoms with E-state index in [1.807, 2.05) is 19.1 Å². The zero-order chi connectivity index (χ0) is 12.6. The summed E-state index contributed by atoms with van der Waals surface area (Å²) in [5, 5.41) is 3.01. The van der Waals surface area contributed by atoms with Crippen molar-refractivity contribution in [2.45, 2.75) is 39.3 Å². The summed E-state index contributed by atoms with van der Waals surface area (Å²) in [4.78, 5) is 16.2. The van der Waals surface area contributed by atoms with Crippen molar-refractivity contribution in [2.75, 3.05) is 0 Å². The van der Waals surface area contributed by atoms with Gasteiger partial charge in [-0.2, -0.15) is 0 Å². The van der Waals surface area contributed by atoms with Crippen molar-refractivity contribution in [3.63, 3.8) is 0 Å². The lowest BCUT2D eigenvalue weighted by molar-refractivity contribution is 0.0583. The van der Waals surface area contributed by atoms with Crippen LogP contribution in [0.3, 0.4) is 0 Å². The average Bonchev–Trinajstić information content (AvgIpc) is 2.29. The van der Waals surface area contributed by atoms with E-state index in [4.69, 9.17) is 5.73 Å². The van der Waals surface area contributed by atoms with Gasteiger partial charge in [0, 0.05) is 23.7 Å². The summed E-state index contributed by atoms with van der Waals surface area (Å²) in [7, 11) is 0. The number of hydrogen-bond acceptors (Lipinski definition) is 3. The number of aryl methyl sites for hydroxylation is 1. The molecule has 17 heavy (non-hydrogen) atoms. The van der Waals surface area contributed by atoms with Crippen molar-refractivity contribution < 1.29 is 4.79 Å². The second-order valence-corrected chi connectivity index (χ2v) is 5.36. The fourth-order valence-corrected chi connectivity index (χ4v) is 2.15. The van der Waals surface area contributed by atoms with Crippen LogP contribution in [0.5, 0.6) is 0 Å². The molecule has 1 fully saturated rings. The van der Waals surface area contributed by atoms with Crippen molar-refractivity contribution in [1.29, 1.82) is 0 Å². The fourth-order valence-electron chi connectivity index (χ4n) is 2.15. The number of carbonyl (C=O) groups is 1. The molecule has 1 amide bonds. The molecule has 2 atom stereocenters. The first-order chi connectivity index (χ1) is 7.93. The quantitative estimate of drug-likeness (QED) is 0.807. The number of nitrogens with zero attached hydrogens (tertiary/aromatic N) is 1. The number of nitrogens with two attached hydrogens (primary N) is 1. The Morgan fingerprint density at radius 3 is 2.82 bits per heavy atom. The second-order valence-electron chi connectivity index (χ2n) is 5.36. The Bertz CT molecular complexity index is 442. The van der Waals surface area contributed by atoms with Crippen molar-refractivity contribution in [1.82, 2.24) is 10.3 Å². The highest BCUT2D eigenvalue weighted by molar-refractivity contribution is 5.93. The molecule has 1 aromatic rings. The third-order valence-corrected chi connectivity index (χ3v) is 3.87. The maximum atomic E-state index is 12.0. The zero-order valence-electron chi connectivity index (χ0n) is 10.5. The van der Waals surface area contributed by atoms with Crippen LogP contribution in [0.15, 0.2) is 18.3 Å². The Balaban J connectivity index is 2.07. The third-order valence-electron chi connectivity index (χ3n) is 3.87. The number of aromatic nitrogens is 1. The van der Waals surface area contributed by atoms with Gasteiger partial charge in [0.25, 0.3) is 5.91 Å². The van der Waals surface area contributed by atoms with Gasteiger partial charge in [0.1, 0.15) is 5.69 Å². The van der Waals surface area contributed by atoms with E-state index in [9.17, 15) is 4.79 Å². The van der Waals surface area contributed by atoms with Crippen LogP contribution < -0.4 is 11.1 Å². The van der Waals surface area contributed by atoms with Crippen molar-refractivity contribution in [2.24, 2.45) is 11.1 Å². The normalized spacial score (nSPS) is 26.1. The van der Waals surface area contributed by atoms with Gasteiger partial charge in [-0.1, -0.05) is 19.9 Å². The Morgan fingerprint density at radius 1 is 1.59 bits per heavy atom. The van der Waals surface area contributed by atoms with Gasteiger partial charge in [-0.25, -0.2) is 0 Å². The van der Waals surface area contributed by atoms with E-state index in [2.05, 4.69) is 24.1 Å². The van der Waals surface area contributed by atoms with Gasteiger partial charge >= 0.3 is 0 Å². The molecule has 3 N–H and O–H groups in total. The van der Waals surface area contributed by atoms with Crippen LogP contribution >= 0.6 is 0 Å². The van der Waals surface area contributed by atoms with Crippen LogP contribution in [0.25, 0.3) is 0 Å². The smallest absolute Gasteiger partial charge is 0.270 e. The minimum absolute atomic E-state index is 0.0294. The molecular weight excluding hydrogens is 214 g/mol. The largest absolute Gasteiger partial charge is 0.347 e. The highest BCUT2D eigenvalue weighted by atomic mass is 16.2. The first kappa shape index (κ1) is 12.0. The van der Waals surface area contributed by atoms with E-state index in [1.54, 1.807) is 6.20 Å². The maximum absolute atomic E-state index is 12.0. The molecule has 1 aliphatic rings. The monoisotopic (exact) mass is 233 g/mol. The van der Waals surface area contributed by atoms with Gasteiger partial charge < -0.3 is 11.1 Å². The summed E-state index contributed by atoms with van der Waals surface area (Å²) in [5.74, 6) is -0.104. The lowest BCUT2D eigenvalue weighted by Crippen LogP contribution is -2.64. The number of nitrogens with one attached hydrogen (secondary N) is 1. The molecule has 0 aromatic carbocycles. The van der Waals surface area contributed by atoms with E-state index in [-0.39, 0.29) is 23.4 Å². The van der Waals surface area contributed by atoms with Crippen LogP contribution in [-0.2, 0) is 0 Å². The van der Waals surface area contributed by atoms with E-state index in [0.29, 0.717) is 5.69 Å². The number of rotatable bonds is 2. The number of carbonyl (C=O) groups excluding carboxylic acids is 1. The predicted octanol–water partition coefficient (Wildman–Crippen LogP) is 1.25. The minimum Gasteiger partial charge on any atom is -0.347 e. The van der Waals surface area contributed by atoms with Crippen LogP contribution in [0.2, 0.25) is 0 Å². The number of pyridine rings is 1. The van der Waals surface area contributed by atoms with E-state index < -0.39 is 0 Å². The fraction of sp³-hybridized carbons (Fsp3) is 0.538. The van der Waals surface area contributed by atoms with Gasteiger partial charge in [-0.3, -0.25) is 9.78 Å². The summed E-state index contributed by atoms with van der Waals surface area (Å²) < 4.78 is 0. The van der Waals surface area contributed by atoms with Crippen molar-refractivity contribution in [3.8, 4) is 0 Å². The Labute approximate surface area is 102 Å².